The van der Waals surface area contributed by atoms with Crippen molar-refractivity contribution in [3.05, 3.63) is 89.5 Å². The van der Waals surface area contributed by atoms with E-state index in [4.69, 9.17) is 35.3 Å². The minimum absolute atomic E-state index is 0.0692. The summed E-state index contributed by atoms with van der Waals surface area (Å²) >= 11 is 6.31. The van der Waals surface area contributed by atoms with Crippen LogP contribution in [-0.2, 0) is 49.3 Å². The zero-order valence-corrected chi connectivity index (χ0v) is 29.3. The van der Waals surface area contributed by atoms with Gasteiger partial charge in [-0.05, 0) is 43.2 Å². The molecule has 2 aromatic carbocycles. The van der Waals surface area contributed by atoms with Crippen LogP contribution in [-0.4, -0.2) is 74.3 Å². The van der Waals surface area contributed by atoms with Gasteiger partial charge in [0.2, 0.25) is 17.9 Å². The Labute approximate surface area is 296 Å². The number of esters is 3. The number of amides is 2. The van der Waals surface area contributed by atoms with E-state index in [0.29, 0.717) is 16.3 Å². The number of rotatable bonds is 10. The van der Waals surface area contributed by atoms with Crippen LogP contribution in [0.5, 0.6) is 5.75 Å². The fourth-order valence-electron chi connectivity index (χ4n) is 5.38. The maximum Gasteiger partial charge on any atom is 0.348 e. The normalized spacial score (nSPS) is 25.5. The van der Waals surface area contributed by atoms with Gasteiger partial charge in [0.15, 0.2) is 0 Å². The third kappa shape index (κ3) is 10.4. The zero-order chi connectivity index (χ0) is 36.4. The molecule has 50 heavy (non-hydrogen) atoms. The Bertz CT molecular complexity index is 1590. The summed E-state index contributed by atoms with van der Waals surface area (Å²) in [4.78, 5) is 66.3. The van der Waals surface area contributed by atoms with Crippen LogP contribution in [0.15, 0.2) is 73.3 Å². The Kier molecular flexibility index (Phi) is 13.2. The molecular weight excluding hydrogens is 668 g/mol. The fourth-order valence-corrected chi connectivity index (χ4v) is 5.66. The second-order valence-electron chi connectivity index (χ2n) is 12.8. The first-order valence-corrected chi connectivity index (χ1v) is 16.7. The van der Waals surface area contributed by atoms with Crippen LogP contribution >= 0.6 is 11.6 Å². The predicted octanol–water partition coefficient (Wildman–Crippen LogP) is 4.20. The lowest BCUT2D eigenvalue weighted by atomic mass is 9.93. The number of benzene rings is 2. The number of methoxy groups -OCH3 is 1. The van der Waals surface area contributed by atoms with E-state index in [1.54, 1.807) is 18.2 Å². The Balaban J connectivity index is 1.63. The number of halogens is 1. The lowest BCUT2D eigenvalue weighted by Crippen LogP contribution is -2.51. The molecule has 0 aromatic heterocycles. The second kappa shape index (κ2) is 17.3. The molecule has 0 radical (unpaired) electrons. The van der Waals surface area contributed by atoms with Crippen LogP contribution in [0.4, 0.5) is 0 Å². The average molecular weight is 711 g/mol. The zero-order valence-electron chi connectivity index (χ0n) is 28.5. The molecule has 0 saturated carbocycles. The monoisotopic (exact) mass is 710 g/mol. The molecule has 6 atom stereocenters. The van der Waals surface area contributed by atoms with Crippen molar-refractivity contribution < 1.29 is 47.7 Å². The van der Waals surface area contributed by atoms with Gasteiger partial charge >= 0.3 is 17.9 Å². The van der Waals surface area contributed by atoms with Crippen LogP contribution in [0.25, 0.3) is 0 Å². The van der Waals surface area contributed by atoms with Crippen LogP contribution in [0.3, 0.4) is 0 Å². The van der Waals surface area contributed by atoms with E-state index >= 15 is 0 Å². The van der Waals surface area contributed by atoms with Crippen molar-refractivity contribution in [3.63, 3.8) is 0 Å². The highest BCUT2D eigenvalue weighted by atomic mass is 35.5. The van der Waals surface area contributed by atoms with Crippen molar-refractivity contribution in [1.29, 1.82) is 0 Å². The van der Waals surface area contributed by atoms with E-state index in [0.717, 1.165) is 5.56 Å². The molecule has 2 aromatic rings. The first-order chi connectivity index (χ1) is 23.8. The Hall–Kier alpha value is -4.68. The Morgan fingerprint density at radius 2 is 1.86 bits per heavy atom. The molecule has 1 fully saturated rings. The number of cyclic esters (lactones) is 2. The highest BCUT2D eigenvalue weighted by molar-refractivity contribution is 6.32. The van der Waals surface area contributed by atoms with Gasteiger partial charge in [0.1, 0.15) is 30.6 Å². The van der Waals surface area contributed by atoms with E-state index in [-0.39, 0.29) is 44.1 Å². The molecule has 2 N–H and O–H groups in total. The standard InChI is InChI=1S/C37H43ClN2O10/c1-6-17-47-31(42)20-29-35(44)48-27(22(2)32-33(50-32)24-11-8-7-9-12-24)13-10-14-30(41)40-26(19-23-15-16-28(46-5)25(38)18-23)34(43)39-21-37(3,4)36(45)49-29/h6-12,14-16,18,22,26-27,29,32-33H,1,13,17,19-21H2,2-5H3,(H,39,43)(H,40,41)/b14-10+/t22-,26?,27-,29-,32+,33+/m0/s1. The molecule has 268 valence electrons. The number of carbonyl (C=O) groups is 5. The van der Waals surface area contributed by atoms with Crippen LogP contribution < -0.4 is 15.4 Å². The van der Waals surface area contributed by atoms with Crippen molar-refractivity contribution in [2.45, 2.75) is 70.5 Å². The van der Waals surface area contributed by atoms with E-state index in [1.807, 2.05) is 37.3 Å². The number of carbonyl (C=O) groups excluding carboxylic acids is 5. The summed E-state index contributed by atoms with van der Waals surface area (Å²) in [5, 5.41) is 5.76. The number of hydrogen-bond donors (Lipinski definition) is 2. The molecule has 13 heteroatoms. The largest absolute Gasteiger partial charge is 0.495 e. The molecule has 2 amide bonds. The van der Waals surface area contributed by atoms with Crippen molar-refractivity contribution in [2.75, 3.05) is 20.3 Å². The van der Waals surface area contributed by atoms with Crippen LogP contribution in [0.1, 0.15) is 50.8 Å². The first kappa shape index (κ1) is 38.1. The molecule has 0 aliphatic carbocycles. The van der Waals surface area contributed by atoms with Gasteiger partial charge < -0.3 is 34.3 Å². The topological polar surface area (TPSA) is 159 Å². The highest BCUT2D eigenvalue weighted by Crippen LogP contribution is 2.45. The molecule has 2 heterocycles. The highest BCUT2D eigenvalue weighted by Gasteiger charge is 2.48. The Morgan fingerprint density at radius 1 is 1.12 bits per heavy atom. The molecule has 4 rings (SSSR count). The summed E-state index contributed by atoms with van der Waals surface area (Å²) in [5.74, 6) is -3.71. The van der Waals surface area contributed by atoms with Gasteiger partial charge in [0, 0.05) is 25.3 Å². The predicted molar refractivity (Wildman–Crippen MR) is 183 cm³/mol. The SMILES string of the molecule is C=CCOC(=O)C[C@@H]1OC(=O)C(C)(C)CNC(=O)C(Cc2ccc(OC)c(Cl)c2)NC(=O)/C=C/C[C@@H]([C@H](C)[C@H]2O[C@@H]2c2ccccc2)OC1=O. The van der Waals surface area contributed by atoms with Crippen molar-refractivity contribution in [3.8, 4) is 5.75 Å². The molecule has 0 spiro atoms. The lowest BCUT2D eigenvalue weighted by molar-refractivity contribution is -0.180. The number of nitrogens with one attached hydrogen (secondary N) is 2. The van der Waals surface area contributed by atoms with E-state index in [1.165, 1.54) is 39.2 Å². The summed E-state index contributed by atoms with van der Waals surface area (Å²) in [7, 11) is 1.48. The minimum atomic E-state index is -1.65. The summed E-state index contributed by atoms with van der Waals surface area (Å²) in [6.07, 6.45) is 0.637. The lowest BCUT2D eigenvalue weighted by Gasteiger charge is -2.29. The van der Waals surface area contributed by atoms with Crippen LogP contribution in [0.2, 0.25) is 5.02 Å². The van der Waals surface area contributed by atoms with Gasteiger partial charge in [-0.1, -0.05) is 73.7 Å². The summed E-state index contributed by atoms with van der Waals surface area (Å²) in [5.41, 5.74) is 0.240. The summed E-state index contributed by atoms with van der Waals surface area (Å²) < 4.78 is 27.8. The maximum absolute atomic E-state index is 13.6. The van der Waals surface area contributed by atoms with E-state index in [2.05, 4.69) is 17.2 Å². The quantitative estimate of drug-likeness (QED) is 0.158. The molecule has 0 bridgehead atoms. The Morgan fingerprint density at radius 3 is 2.54 bits per heavy atom. The van der Waals surface area contributed by atoms with Crippen molar-refractivity contribution in [2.24, 2.45) is 11.3 Å². The number of hydrogen-bond acceptors (Lipinski definition) is 10. The van der Waals surface area contributed by atoms with Crippen LogP contribution in [0, 0.1) is 11.3 Å². The van der Waals surface area contributed by atoms with E-state index < -0.39 is 59.8 Å². The van der Waals surface area contributed by atoms with Gasteiger partial charge in [0.25, 0.3) is 0 Å². The second-order valence-corrected chi connectivity index (χ2v) is 13.2. The molecule has 1 unspecified atom stereocenters. The van der Waals surface area contributed by atoms with Gasteiger partial charge in [0.05, 0.1) is 30.1 Å². The van der Waals surface area contributed by atoms with E-state index in [9.17, 15) is 24.0 Å². The fraction of sp³-hybridized carbons (Fsp3) is 0.432. The smallest absolute Gasteiger partial charge is 0.348 e. The van der Waals surface area contributed by atoms with Gasteiger partial charge in [-0.25, -0.2) is 4.79 Å². The van der Waals surface area contributed by atoms with Gasteiger partial charge in [-0.15, -0.1) is 0 Å². The number of epoxide rings is 1. The molecular formula is C37H43ClN2O10. The third-order valence-electron chi connectivity index (χ3n) is 8.44. The third-order valence-corrected chi connectivity index (χ3v) is 8.73. The first-order valence-electron chi connectivity index (χ1n) is 16.3. The molecule has 2 aliphatic rings. The maximum atomic E-state index is 13.6. The molecule has 1 saturated heterocycles. The minimum Gasteiger partial charge on any atom is -0.495 e. The number of ether oxygens (including phenoxy) is 5. The molecule has 2 aliphatic heterocycles. The average Bonchev–Trinajstić information content (AvgIpc) is 3.89. The van der Waals surface area contributed by atoms with Crippen molar-refractivity contribution >= 4 is 41.3 Å². The molecule has 12 nitrogen and oxygen atoms in total. The summed E-state index contributed by atoms with van der Waals surface area (Å²) in [6.45, 7) is 8.04. The summed E-state index contributed by atoms with van der Waals surface area (Å²) in [6, 6.07) is 13.5. The van der Waals surface area contributed by atoms with Crippen molar-refractivity contribution in [1.82, 2.24) is 10.6 Å². The van der Waals surface area contributed by atoms with Gasteiger partial charge in [-0.2, -0.15) is 0 Å². The van der Waals surface area contributed by atoms with Gasteiger partial charge in [-0.3, -0.25) is 19.2 Å².